The lowest BCUT2D eigenvalue weighted by molar-refractivity contribution is -0.126. The lowest BCUT2D eigenvalue weighted by Gasteiger charge is -2.35. The number of hydrogen-bond donors (Lipinski definition) is 2. The summed E-state index contributed by atoms with van der Waals surface area (Å²) in [7, 11) is 0. The third-order valence-corrected chi connectivity index (χ3v) is 4.18. The van der Waals surface area contributed by atoms with Gasteiger partial charge in [-0.05, 0) is 32.6 Å². The van der Waals surface area contributed by atoms with Crippen molar-refractivity contribution in [3.8, 4) is 0 Å². The number of urea groups is 1. The monoisotopic (exact) mass is 282 g/mol. The Labute approximate surface area is 120 Å². The predicted octanol–water partition coefficient (Wildman–Crippen LogP) is 0.378. The van der Waals surface area contributed by atoms with E-state index in [2.05, 4.69) is 5.32 Å². The number of nitrogens with two attached hydrogens (primary N) is 1. The highest BCUT2D eigenvalue weighted by Gasteiger charge is 2.31. The van der Waals surface area contributed by atoms with Crippen LogP contribution in [0.1, 0.15) is 32.6 Å². The van der Waals surface area contributed by atoms with Gasteiger partial charge < -0.3 is 20.9 Å². The van der Waals surface area contributed by atoms with E-state index in [0.29, 0.717) is 13.1 Å². The minimum Gasteiger partial charge on any atom is -0.352 e. The molecule has 3 N–H and O–H groups in total. The molecule has 0 bridgehead atoms. The molecule has 0 aromatic carbocycles. The molecule has 2 heterocycles. The van der Waals surface area contributed by atoms with Gasteiger partial charge in [0.15, 0.2) is 0 Å². The van der Waals surface area contributed by atoms with Crippen molar-refractivity contribution in [3.63, 3.8) is 0 Å². The van der Waals surface area contributed by atoms with E-state index in [1.807, 2.05) is 16.7 Å². The molecule has 6 nitrogen and oxygen atoms in total. The van der Waals surface area contributed by atoms with E-state index in [9.17, 15) is 9.59 Å². The van der Waals surface area contributed by atoms with Crippen LogP contribution < -0.4 is 11.1 Å². The largest absolute Gasteiger partial charge is 0.352 e. The zero-order valence-corrected chi connectivity index (χ0v) is 12.3. The van der Waals surface area contributed by atoms with Gasteiger partial charge in [-0.3, -0.25) is 4.79 Å². The molecule has 3 amide bonds. The molecule has 20 heavy (non-hydrogen) atoms. The van der Waals surface area contributed by atoms with E-state index in [0.717, 1.165) is 45.3 Å². The van der Waals surface area contributed by atoms with Gasteiger partial charge in [0.2, 0.25) is 5.91 Å². The molecule has 2 aliphatic heterocycles. The normalized spacial score (nSPS) is 24.6. The third kappa shape index (κ3) is 3.62. The number of hydrogen-bond acceptors (Lipinski definition) is 3. The van der Waals surface area contributed by atoms with E-state index in [1.54, 1.807) is 0 Å². The molecule has 0 spiro atoms. The fourth-order valence-corrected chi connectivity index (χ4v) is 2.89. The molecule has 114 valence electrons. The highest BCUT2D eigenvalue weighted by molar-refractivity contribution is 5.81. The van der Waals surface area contributed by atoms with Crippen molar-refractivity contribution in [1.82, 2.24) is 15.1 Å². The van der Waals surface area contributed by atoms with Gasteiger partial charge in [0.05, 0.1) is 5.92 Å². The molecule has 2 fully saturated rings. The minimum absolute atomic E-state index is 0.00726. The van der Waals surface area contributed by atoms with E-state index in [1.165, 1.54) is 0 Å². The summed E-state index contributed by atoms with van der Waals surface area (Å²) in [4.78, 5) is 28.2. The predicted molar refractivity (Wildman–Crippen MR) is 77.2 cm³/mol. The van der Waals surface area contributed by atoms with Gasteiger partial charge in [-0.15, -0.1) is 0 Å². The summed E-state index contributed by atoms with van der Waals surface area (Å²) in [6.07, 6.45) is 3.94. The maximum Gasteiger partial charge on any atom is 0.320 e. The number of carbonyl (C=O) groups is 2. The molecule has 0 radical (unpaired) electrons. The van der Waals surface area contributed by atoms with Gasteiger partial charge in [0.1, 0.15) is 0 Å². The van der Waals surface area contributed by atoms with Crippen molar-refractivity contribution in [2.24, 2.45) is 11.7 Å². The second-order valence-electron chi connectivity index (χ2n) is 5.91. The second kappa shape index (κ2) is 6.92. The quantitative estimate of drug-likeness (QED) is 0.785. The Kier molecular flexibility index (Phi) is 5.23. The van der Waals surface area contributed by atoms with Crippen LogP contribution in [0, 0.1) is 5.92 Å². The Bertz CT molecular complexity index is 355. The van der Waals surface area contributed by atoms with E-state index in [-0.39, 0.29) is 23.9 Å². The van der Waals surface area contributed by atoms with Crippen molar-refractivity contribution >= 4 is 11.9 Å². The first-order chi connectivity index (χ1) is 9.61. The van der Waals surface area contributed by atoms with Gasteiger partial charge in [-0.2, -0.15) is 0 Å². The summed E-state index contributed by atoms with van der Waals surface area (Å²) < 4.78 is 0. The van der Waals surface area contributed by atoms with E-state index >= 15 is 0 Å². The fourth-order valence-electron chi connectivity index (χ4n) is 2.89. The number of piperidine rings is 1. The van der Waals surface area contributed by atoms with Crippen LogP contribution in [-0.2, 0) is 4.79 Å². The highest BCUT2D eigenvalue weighted by Crippen LogP contribution is 2.20. The molecule has 2 saturated heterocycles. The van der Waals surface area contributed by atoms with Crippen LogP contribution in [-0.4, -0.2) is 60.5 Å². The van der Waals surface area contributed by atoms with Crippen molar-refractivity contribution in [1.29, 1.82) is 0 Å². The third-order valence-electron chi connectivity index (χ3n) is 4.18. The van der Waals surface area contributed by atoms with Crippen LogP contribution in [0.4, 0.5) is 4.79 Å². The van der Waals surface area contributed by atoms with E-state index < -0.39 is 0 Å². The molecule has 0 aromatic rings. The Morgan fingerprint density at radius 3 is 2.50 bits per heavy atom. The molecular weight excluding hydrogens is 256 g/mol. The Morgan fingerprint density at radius 2 is 1.85 bits per heavy atom. The van der Waals surface area contributed by atoms with Crippen LogP contribution in [0.15, 0.2) is 0 Å². The molecule has 6 heteroatoms. The van der Waals surface area contributed by atoms with Crippen molar-refractivity contribution in [2.75, 3.05) is 32.7 Å². The Balaban J connectivity index is 1.87. The van der Waals surface area contributed by atoms with Gasteiger partial charge in [-0.1, -0.05) is 0 Å². The smallest absolute Gasteiger partial charge is 0.320 e. The molecular formula is C14H26N4O2. The van der Waals surface area contributed by atoms with Crippen LogP contribution in [0.5, 0.6) is 0 Å². The van der Waals surface area contributed by atoms with Gasteiger partial charge in [-0.25, -0.2) is 4.79 Å². The lowest BCUT2D eigenvalue weighted by atomic mass is 9.97. The SMILES string of the molecule is C[C@@H](CN)NC(=O)C1CCCN(C(=O)N2CCCC2)C1. The van der Waals surface area contributed by atoms with Gasteiger partial charge in [0, 0.05) is 38.8 Å². The van der Waals surface area contributed by atoms with Crippen LogP contribution in [0.2, 0.25) is 0 Å². The maximum absolute atomic E-state index is 12.3. The van der Waals surface area contributed by atoms with Crippen molar-refractivity contribution < 1.29 is 9.59 Å². The lowest BCUT2D eigenvalue weighted by Crippen LogP contribution is -2.51. The molecule has 2 rings (SSSR count). The van der Waals surface area contributed by atoms with Crippen LogP contribution >= 0.6 is 0 Å². The fraction of sp³-hybridized carbons (Fsp3) is 0.857. The summed E-state index contributed by atoms with van der Waals surface area (Å²) in [5.41, 5.74) is 5.52. The van der Waals surface area contributed by atoms with Gasteiger partial charge >= 0.3 is 6.03 Å². The number of amides is 3. The highest BCUT2D eigenvalue weighted by atomic mass is 16.2. The summed E-state index contributed by atoms with van der Waals surface area (Å²) >= 11 is 0. The minimum atomic E-state index is -0.0932. The topological polar surface area (TPSA) is 78.7 Å². The molecule has 1 unspecified atom stereocenters. The molecule has 2 aliphatic rings. The summed E-state index contributed by atoms with van der Waals surface area (Å²) in [5.74, 6) is -0.0637. The Hall–Kier alpha value is -1.30. The molecule has 0 aliphatic carbocycles. The zero-order valence-electron chi connectivity index (χ0n) is 12.3. The zero-order chi connectivity index (χ0) is 14.5. The van der Waals surface area contributed by atoms with Crippen molar-refractivity contribution in [2.45, 2.75) is 38.6 Å². The first-order valence-corrected chi connectivity index (χ1v) is 7.66. The summed E-state index contributed by atoms with van der Waals surface area (Å²) in [6, 6.07) is 0.0963. The molecule has 0 aromatic heterocycles. The number of rotatable bonds is 3. The standard InChI is InChI=1S/C14H26N4O2/c1-11(9-15)16-13(19)12-5-4-8-18(10-12)14(20)17-6-2-3-7-17/h11-12H,2-10,15H2,1H3,(H,16,19)/t11-,12?/m0/s1. The first kappa shape index (κ1) is 15.1. The average Bonchev–Trinajstić information content (AvgIpc) is 3.00. The van der Waals surface area contributed by atoms with Crippen molar-refractivity contribution in [3.05, 3.63) is 0 Å². The van der Waals surface area contributed by atoms with Crippen LogP contribution in [0.3, 0.4) is 0 Å². The van der Waals surface area contributed by atoms with Gasteiger partial charge in [0.25, 0.3) is 0 Å². The molecule has 0 saturated carbocycles. The van der Waals surface area contributed by atoms with Crippen LogP contribution in [0.25, 0.3) is 0 Å². The average molecular weight is 282 g/mol. The van der Waals surface area contributed by atoms with E-state index in [4.69, 9.17) is 5.73 Å². The maximum atomic E-state index is 12.3. The first-order valence-electron chi connectivity index (χ1n) is 7.66. The summed E-state index contributed by atoms with van der Waals surface area (Å²) in [6.45, 7) is 5.36. The number of likely N-dealkylation sites (tertiary alicyclic amines) is 2. The number of nitrogens with zero attached hydrogens (tertiary/aromatic N) is 2. The summed E-state index contributed by atoms with van der Waals surface area (Å²) in [5, 5.41) is 2.91. The number of carbonyl (C=O) groups excluding carboxylic acids is 2. The Morgan fingerprint density at radius 1 is 1.20 bits per heavy atom. The number of nitrogens with one attached hydrogen (secondary N) is 1. The second-order valence-corrected chi connectivity index (χ2v) is 5.91. The molecule has 2 atom stereocenters.